The smallest absolute Gasteiger partial charge is 0.135 e. The molecule has 0 aliphatic rings. The van der Waals surface area contributed by atoms with E-state index in [0.717, 1.165) is 21.4 Å². The number of furan rings is 1. The fraction of sp³-hybridized carbons (Fsp3) is 0.143. The van der Waals surface area contributed by atoms with Crippen molar-refractivity contribution in [2.75, 3.05) is 0 Å². The van der Waals surface area contributed by atoms with Crippen LogP contribution in [0.3, 0.4) is 0 Å². The van der Waals surface area contributed by atoms with Crippen molar-refractivity contribution in [2.24, 2.45) is 0 Å². The quantitative estimate of drug-likeness (QED) is 0.536. The number of hydrogen-bond donors (Lipinski definition) is 0. The first-order valence-electron chi connectivity index (χ1n) is 5.56. The van der Waals surface area contributed by atoms with E-state index in [2.05, 4.69) is 32.0 Å². The Hall–Kier alpha value is -1.54. The van der Waals surface area contributed by atoms with Gasteiger partial charge in [0, 0.05) is 21.0 Å². The number of para-hydroxylation sites is 1. The summed E-state index contributed by atoms with van der Waals surface area (Å²) in [5, 5.41) is 4.05. The Kier molecular flexibility index (Phi) is 1.95. The lowest BCUT2D eigenvalue weighted by molar-refractivity contribution is 0.668. The van der Waals surface area contributed by atoms with Gasteiger partial charge in [-0.3, -0.25) is 0 Å². The second-order valence-corrected chi connectivity index (χ2v) is 5.41. The van der Waals surface area contributed by atoms with Crippen LogP contribution in [0.15, 0.2) is 34.7 Å². The minimum atomic E-state index is 1.000. The summed E-state index contributed by atoms with van der Waals surface area (Å²) in [6.45, 7) is 4.36. The van der Waals surface area contributed by atoms with Gasteiger partial charge >= 0.3 is 0 Å². The molecule has 0 N–H and O–H groups in total. The van der Waals surface area contributed by atoms with Crippen LogP contribution in [0.25, 0.3) is 21.9 Å². The molecule has 3 rings (SSSR count). The molecule has 16 heavy (non-hydrogen) atoms. The monoisotopic (exact) mass is 226 g/mol. The van der Waals surface area contributed by atoms with Crippen LogP contribution < -0.4 is 5.19 Å². The lowest BCUT2D eigenvalue weighted by atomic mass is 10.1. The van der Waals surface area contributed by atoms with E-state index in [1.54, 1.807) is 0 Å². The van der Waals surface area contributed by atoms with Gasteiger partial charge in [-0.25, -0.2) is 0 Å². The Balaban J connectivity index is 2.62. The van der Waals surface area contributed by atoms with E-state index < -0.39 is 0 Å². The highest BCUT2D eigenvalue weighted by Gasteiger charge is 2.11. The van der Waals surface area contributed by atoms with Crippen molar-refractivity contribution >= 4 is 37.4 Å². The summed E-state index contributed by atoms with van der Waals surface area (Å²) < 4.78 is 5.89. The molecule has 0 aliphatic carbocycles. The van der Waals surface area contributed by atoms with Gasteiger partial charge in [0.05, 0.1) is 0 Å². The molecular weight excluding hydrogens is 212 g/mol. The van der Waals surface area contributed by atoms with Crippen LogP contribution in [0, 0.1) is 13.8 Å². The SMILES string of the molecule is Cc1cc2oc3ccccc3c2c([SiH3])c1C. The summed E-state index contributed by atoms with van der Waals surface area (Å²) in [6.07, 6.45) is 0. The highest BCUT2D eigenvalue weighted by atomic mass is 28.1. The first-order chi connectivity index (χ1) is 7.68. The average Bonchev–Trinajstić information content (AvgIpc) is 2.64. The largest absolute Gasteiger partial charge is 0.456 e. The van der Waals surface area contributed by atoms with E-state index in [4.69, 9.17) is 4.42 Å². The van der Waals surface area contributed by atoms with Gasteiger partial charge in [-0.05, 0) is 37.1 Å². The van der Waals surface area contributed by atoms with Crippen molar-refractivity contribution in [3.63, 3.8) is 0 Å². The molecule has 0 saturated carbocycles. The topological polar surface area (TPSA) is 13.1 Å². The molecule has 80 valence electrons. The van der Waals surface area contributed by atoms with Crippen LogP contribution in [0.4, 0.5) is 0 Å². The minimum absolute atomic E-state index is 1.000. The fourth-order valence-electron chi connectivity index (χ4n) is 2.34. The second kappa shape index (κ2) is 3.22. The molecule has 3 aromatic rings. The first-order valence-corrected chi connectivity index (χ1v) is 6.56. The predicted octanol–water partition coefficient (Wildman–Crippen LogP) is 2.19. The van der Waals surface area contributed by atoms with E-state index >= 15 is 0 Å². The summed E-state index contributed by atoms with van der Waals surface area (Å²) in [6, 6.07) is 10.5. The van der Waals surface area contributed by atoms with E-state index in [1.807, 2.05) is 12.1 Å². The molecular formula is C14H14OSi. The molecule has 0 atom stereocenters. The van der Waals surface area contributed by atoms with Gasteiger partial charge in [0.2, 0.25) is 0 Å². The number of aryl methyl sites for hydroxylation is 1. The third-order valence-electron chi connectivity index (χ3n) is 3.50. The molecule has 2 aromatic carbocycles. The van der Waals surface area contributed by atoms with Crippen molar-refractivity contribution in [2.45, 2.75) is 13.8 Å². The highest BCUT2D eigenvalue weighted by molar-refractivity contribution is 6.42. The van der Waals surface area contributed by atoms with Crippen molar-refractivity contribution in [1.29, 1.82) is 0 Å². The third-order valence-corrected chi connectivity index (χ3v) is 4.75. The Morgan fingerprint density at radius 2 is 1.81 bits per heavy atom. The van der Waals surface area contributed by atoms with E-state index in [9.17, 15) is 0 Å². The maximum atomic E-state index is 5.89. The molecule has 1 heterocycles. The van der Waals surface area contributed by atoms with Crippen LogP contribution in [-0.4, -0.2) is 10.2 Å². The molecule has 2 heteroatoms. The zero-order valence-corrected chi connectivity index (χ0v) is 11.8. The molecule has 1 nitrogen and oxygen atoms in total. The number of benzene rings is 2. The van der Waals surface area contributed by atoms with E-state index in [-0.39, 0.29) is 0 Å². The van der Waals surface area contributed by atoms with Gasteiger partial charge in [-0.15, -0.1) is 0 Å². The Morgan fingerprint density at radius 3 is 2.62 bits per heavy atom. The molecule has 0 radical (unpaired) electrons. The van der Waals surface area contributed by atoms with Crippen LogP contribution in [0.5, 0.6) is 0 Å². The lowest BCUT2D eigenvalue weighted by Crippen LogP contribution is -2.09. The predicted molar refractivity (Wildman–Crippen MR) is 72.8 cm³/mol. The number of rotatable bonds is 0. The average molecular weight is 226 g/mol. The number of hydrogen-bond acceptors (Lipinski definition) is 1. The Labute approximate surface area is 97.5 Å². The van der Waals surface area contributed by atoms with Crippen molar-refractivity contribution < 1.29 is 4.42 Å². The first kappa shape index (κ1) is 9.67. The molecule has 0 bridgehead atoms. The van der Waals surface area contributed by atoms with Crippen LogP contribution in [0.2, 0.25) is 0 Å². The molecule has 0 spiro atoms. The maximum absolute atomic E-state index is 5.89. The molecule has 0 aliphatic heterocycles. The zero-order chi connectivity index (χ0) is 11.3. The van der Waals surface area contributed by atoms with Crippen LogP contribution in [0.1, 0.15) is 11.1 Å². The van der Waals surface area contributed by atoms with E-state index in [0.29, 0.717) is 0 Å². The second-order valence-electron chi connectivity index (χ2n) is 4.41. The molecule has 0 saturated heterocycles. The van der Waals surface area contributed by atoms with Crippen molar-refractivity contribution in [3.05, 3.63) is 41.5 Å². The number of fused-ring (bicyclic) bond motifs is 3. The maximum Gasteiger partial charge on any atom is 0.135 e. The van der Waals surface area contributed by atoms with Gasteiger partial charge in [0.25, 0.3) is 0 Å². The summed E-state index contributed by atoms with van der Waals surface area (Å²) >= 11 is 0. The lowest BCUT2D eigenvalue weighted by Gasteiger charge is -2.05. The van der Waals surface area contributed by atoms with Crippen molar-refractivity contribution in [3.8, 4) is 0 Å². The van der Waals surface area contributed by atoms with Gasteiger partial charge < -0.3 is 4.42 Å². The Bertz CT molecular complexity index is 695. The molecule has 1 aromatic heterocycles. The summed E-state index contributed by atoms with van der Waals surface area (Å²) in [5.74, 6) is 0. The highest BCUT2D eigenvalue weighted by Crippen LogP contribution is 2.28. The third kappa shape index (κ3) is 1.17. The Morgan fingerprint density at radius 1 is 1.06 bits per heavy atom. The zero-order valence-electron chi connectivity index (χ0n) is 9.79. The summed E-state index contributed by atoms with van der Waals surface area (Å²) in [7, 11) is 1.06. The van der Waals surface area contributed by atoms with Gasteiger partial charge in [0.1, 0.15) is 11.2 Å². The van der Waals surface area contributed by atoms with Crippen LogP contribution >= 0.6 is 0 Å². The molecule has 0 fully saturated rings. The van der Waals surface area contributed by atoms with Crippen molar-refractivity contribution in [1.82, 2.24) is 0 Å². The van der Waals surface area contributed by atoms with Gasteiger partial charge in [-0.2, -0.15) is 0 Å². The van der Waals surface area contributed by atoms with E-state index in [1.165, 1.54) is 27.1 Å². The standard InChI is InChI=1S/C14H14OSi/c1-8-7-12-13(14(16)9(8)2)10-5-3-4-6-11(10)15-12/h3-7H,1-2,16H3. The van der Waals surface area contributed by atoms with Gasteiger partial charge in [-0.1, -0.05) is 23.4 Å². The summed E-state index contributed by atoms with van der Waals surface area (Å²) in [5.41, 5.74) is 4.79. The molecule has 0 amide bonds. The minimum Gasteiger partial charge on any atom is -0.456 e. The molecule has 0 unspecified atom stereocenters. The van der Waals surface area contributed by atoms with Crippen LogP contribution in [-0.2, 0) is 0 Å². The fourth-order valence-corrected chi connectivity index (χ4v) is 3.25. The van der Waals surface area contributed by atoms with Gasteiger partial charge in [0.15, 0.2) is 0 Å². The normalized spacial score (nSPS) is 11.6. The summed E-state index contributed by atoms with van der Waals surface area (Å²) in [4.78, 5) is 0.